The van der Waals surface area contributed by atoms with E-state index in [1.165, 1.54) is 58.9 Å². The van der Waals surface area contributed by atoms with Crippen LogP contribution in [-0.2, 0) is 65.9 Å². The topological polar surface area (TPSA) is 221 Å². The van der Waals surface area contributed by atoms with Crippen LogP contribution in [0.1, 0.15) is 95.9 Å². The van der Waals surface area contributed by atoms with Gasteiger partial charge in [-0.1, -0.05) is 67.8 Å². The molecule has 666 valence electrons. The van der Waals surface area contributed by atoms with Gasteiger partial charge in [0.25, 0.3) is 0 Å². The molecule has 2 unspecified atom stereocenters. The molecule has 126 heavy (non-hydrogen) atoms. The van der Waals surface area contributed by atoms with Crippen LogP contribution in [0, 0.1) is 26.6 Å². The molecule has 6 saturated heterocycles. The second-order valence-corrected chi connectivity index (χ2v) is 33.6. The fourth-order valence-electron chi connectivity index (χ4n) is 18.9. The molecule has 3 aromatic carbocycles. The van der Waals surface area contributed by atoms with E-state index in [0.717, 1.165) is 99.0 Å². The van der Waals surface area contributed by atoms with Crippen LogP contribution < -0.4 is 43.6 Å². The number of amides is 3. The number of allylic oxidation sites excluding steroid dienone is 1. The monoisotopic (exact) mass is 1730 g/mol. The third-order valence-electron chi connectivity index (χ3n) is 25.6. The van der Waals surface area contributed by atoms with Gasteiger partial charge in [0.1, 0.15) is 61.2 Å². The maximum Gasteiger partial charge on any atom is 0.419 e. The van der Waals surface area contributed by atoms with Gasteiger partial charge in [-0.3, -0.25) is 14.4 Å². The first-order valence-corrected chi connectivity index (χ1v) is 43.4. The number of anilines is 6. The minimum absolute atomic E-state index is 0.0359. The highest BCUT2D eigenvalue weighted by Gasteiger charge is 2.43. The number of fused-ring (bicyclic) bond motifs is 4. The number of aryl methyl sites for hydroxylation is 1. The van der Waals surface area contributed by atoms with Gasteiger partial charge in [0.2, 0.25) is 37.4 Å². The maximum absolute atomic E-state index is 13.8. The number of hydrogen-bond donors (Lipinski definition) is 0. The van der Waals surface area contributed by atoms with Crippen LogP contribution in [0.3, 0.4) is 0 Å². The highest BCUT2D eigenvalue weighted by atomic mass is 19.4. The first-order chi connectivity index (χ1) is 60.8. The third kappa shape index (κ3) is 21.1. The lowest BCUT2D eigenvalue weighted by molar-refractivity contribution is -0.137. The van der Waals surface area contributed by atoms with E-state index in [2.05, 4.69) is 124 Å². The summed E-state index contributed by atoms with van der Waals surface area (Å²) in [5.74, 6) is 1.65. The molecule has 3 amide bonds. The summed E-state index contributed by atoms with van der Waals surface area (Å²) in [5, 5.41) is 2.53. The number of alkyl halides is 6. The molecule has 0 radical (unpaired) electrons. The van der Waals surface area contributed by atoms with Crippen molar-refractivity contribution in [2.75, 3.05) is 188 Å². The summed E-state index contributed by atoms with van der Waals surface area (Å²) in [6.07, 6.45) is 5.64. The van der Waals surface area contributed by atoms with E-state index in [-0.39, 0.29) is 97.5 Å². The largest absolute Gasteiger partial charge is 0.462 e. The number of ether oxygens (including phenoxy) is 3. The van der Waals surface area contributed by atoms with E-state index in [0.29, 0.717) is 159 Å². The van der Waals surface area contributed by atoms with Crippen molar-refractivity contribution >= 4 is 63.1 Å². The number of likely N-dealkylation sites (tertiary alicyclic amines) is 3. The number of benzene rings is 3. The Morgan fingerprint density at radius 2 is 0.889 bits per heavy atom. The van der Waals surface area contributed by atoms with E-state index in [9.17, 15) is 40.7 Å². The maximum atomic E-state index is 13.8. The second kappa shape index (κ2) is 40.6. The quantitative estimate of drug-likeness (QED) is 0.0350. The second-order valence-electron chi connectivity index (χ2n) is 33.6. The van der Waals surface area contributed by atoms with Crippen molar-refractivity contribution in [1.82, 2.24) is 64.3 Å². The highest BCUT2D eigenvalue weighted by molar-refractivity contribution is 5.97. The van der Waals surface area contributed by atoms with Crippen LogP contribution in [0.25, 0.3) is 25.3 Å². The fourth-order valence-corrected chi connectivity index (χ4v) is 18.9. The fraction of sp³-hybridized carbons (Fsp3) is 0.511. The van der Waals surface area contributed by atoms with Gasteiger partial charge in [-0.2, -0.15) is 56.2 Å². The van der Waals surface area contributed by atoms with Crippen LogP contribution >= 0.6 is 0 Å². The lowest BCUT2D eigenvalue weighted by Gasteiger charge is -2.41. The molecule has 28 nitrogen and oxygen atoms in total. The van der Waals surface area contributed by atoms with Crippen LogP contribution in [0.5, 0.6) is 18.0 Å². The molecule has 16 rings (SSSR count). The number of pyridine rings is 1. The van der Waals surface area contributed by atoms with E-state index in [4.69, 9.17) is 58.8 Å². The minimum Gasteiger partial charge on any atom is -0.462 e. The summed E-state index contributed by atoms with van der Waals surface area (Å²) >= 11 is 0. The molecular formula is C92H110F6N22O6. The Labute approximate surface area is 732 Å². The van der Waals surface area contributed by atoms with E-state index in [1.807, 2.05) is 28.7 Å². The van der Waals surface area contributed by atoms with Gasteiger partial charge in [-0.15, -0.1) is 0 Å². The lowest BCUT2D eigenvalue weighted by Crippen LogP contribution is -2.56. The number of carbonyl (C=O) groups is 3. The molecule has 0 N–H and O–H groups in total. The normalized spacial score (nSPS) is 21.2. The Balaban J connectivity index is 0.000000153. The Morgan fingerprint density at radius 3 is 1.30 bits per heavy atom. The smallest absolute Gasteiger partial charge is 0.419 e. The molecule has 0 saturated carbocycles. The predicted molar refractivity (Wildman–Crippen MR) is 471 cm³/mol. The number of piperazine rings is 3. The minimum atomic E-state index is -4.54. The van der Waals surface area contributed by atoms with Crippen LogP contribution in [-0.4, -0.2) is 283 Å². The van der Waals surface area contributed by atoms with Crippen LogP contribution in [0.4, 0.5) is 61.0 Å². The molecule has 4 aromatic heterocycles. The Bertz CT molecular complexity index is 5250. The zero-order valence-electron chi connectivity index (χ0n) is 72.3. The molecule has 7 aromatic rings. The zero-order valence-corrected chi connectivity index (χ0v) is 72.3. The Morgan fingerprint density at radius 1 is 0.476 bits per heavy atom. The van der Waals surface area contributed by atoms with Crippen molar-refractivity contribution in [2.45, 2.75) is 146 Å². The third-order valence-corrected chi connectivity index (χ3v) is 25.6. The Kier molecular flexibility index (Phi) is 29.1. The number of nitrogens with zero attached hydrogens (tertiary/aromatic N) is 22. The molecule has 0 bridgehead atoms. The number of halogens is 6. The molecule has 0 spiro atoms. The van der Waals surface area contributed by atoms with Crippen LogP contribution in [0.2, 0.25) is 0 Å². The summed E-state index contributed by atoms with van der Waals surface area (Å²) in [7, 11) is 6.26. The standard InChI is InChI=1S/C34H41N7O2.C30H36F3N7O2.C28H33F3N8O2/c1-5-9-31(42)41-19-18-40(21-27(41)20-35-3)33-28-15-17-39(30-14-7-12-25-11-6-10-24(2)32(25)30)22-29(28)36-34(37-33)43-23-26-13-8-16-38(26)4;1-4-27(41)40-15-14-39(18-23(40)17-34-2)28-24-11-13-38(26-10-6-5-8-21(26)16-30(31,32)33)19-25(24)35-29(36-28)42-20-22-9-7-12-37(22)3;1-4-24(40)39-14-13-38(16-20(39)15-32-2)25-21-9-12-37(26-22(28(29,30)31)8-5-10-33-26)17-23(21)34-27(35-25)41-18-19-7-6-11-36(19)3/h5-7,9-12,14,26-27H,8,13,15-23H2,1-2,4H3;4-6,8,10,22-23H,1,7,9,11-20H2,3H3;4-5,8,10,19-20H,1,6-7,9,11-18H2,3H3/b9-5+;;/t26-,27-;22-,23?;19-,20?/m000/s1. The van der Waals surface area contributed by atoms with Gasteiger partial charge < -0.3 is 87.5 Å². The van der Waals surface area contributed by atoms with Crippen molar-refractivity contribution in [2.24, 2.45) is 0 Å². The molecule has 6 fully saturated rings. The van der Waals surface area contributed by atoms with E-state index in [1.54, 1.807) is 45.1 Å². The number of likely N-dealkylation sites (N-methyl/N-ethyl adjacent to an activating group) is 3. The van der Waals surface area contributed by atoms with E-state index >= 15 is 0 Å². The molecule has 9 aliphatic rings. The zero-order chi connectivity index (χ0) is 88.9. The van der Waals surface area contributed by atoms with Crippen molar-refractivity contribution in [1.29, 1.82) is 0 Å². The first-order valence-electron chi connectivity index (χ1n) is 43.4. The van der Waals surface area contributed by atoms with Crippen molar-refractivity contribution in [3.05, 3.63) is 201 Å². The SMILES string of the molecule is [C-]#[N+]CC1CN(c2nc(OC[C@@H]3CCCN3C)nc3c2CCN(c2ccccc2CC(F)(F)F)C3)CCN1C(=O)C=C.[C-]#[N+]CC1CN(c2nc(OC[C@@H]3CCCN3C)nc3c2CCN(c2ncccc2C(F)(F)F)C3)CCN1C(=O)C=C.[C-]#[N+]C[C@H]1CN(c2nc(OC[C@@H]3CCCN3C)nc3c2CCN(c2cccc4cccc(C)c24)C3)CCN1C(=O)/C=C/C. The molecule has 0 aliphatic carbocycles. The van der Waals surface area contributed by atoms with Gasteiger partial charge in [-0.05, 0) is 171 Å². The number of rotatable bonds is 22. The van der Waals surface area contributed by atoms with Gasteiger partial charge in [0, 0.05) is 136 Å². The summed E-state index contributed by atoms with van der Waals surface area (Å²) in [4.78, 5) is 106. The predicted octanol–water partition coefficient (Wildman–Crippen LogP) is 11.3. The first kappa shape index (κ1) is 90.3. The van der Waals surface area contributed by atoms with Gasteiger partial charge in [0.05, 0.1) is 48.7 Å². The molecular weight excluding hydrogens is 1620 g/mol. The average Bonchev–Trinajstić information content (AvgIpc) is 1.13. The molecule has 9 aliphatic heterocycles. The Hall–Kier alpha value is -11.9. The van der Waals surface area contributed by atoms with Crippen molar-refractivity contribution in [3.8, 4) is 18.0 Å². The van der Waals surface area contributed by atoms with Gasteiger partial charge in [0.15, 0.2) is 0 Å². The average molecular weight is 1730 g/mol. The highest BCUT2D eigenvalue weighted by Crippen LogP contribution is 2.42. The summed E-state index contributed by atoms with van der Waals surface area (Å²) < 4.78 is 100.0. The summed E-state index contributed by atoms with van der Waals surface area (Å²) in [5.41, 5.74) is 7.68. The van der Waals surface area contributed by atoms with E-state index < -0.39 is 24.3 Å². The van der Waals surface area contributed by atoms with Gasteiger partial charge in [-0.25, -0.2) is 24.7 Å². The van der Waals surface area contributed by atoms with Crippen molar-refractivity contribution in [3.63, 3.8) is 0 Å². The lowest BCUT2D eigenvalue weighted by atomic mass is 9.99. The number of carbonyl (C=O) groups excluding carboxylic acids is 3. The number of aromatic nitrogens is 7. The summed E-state index contributed by atoms with van der Waals surface area (Å²) in [6.45, 7) is 45.8. The van der Waals surface area contributed by atoms with Crippen molar-refractivity contribution < 1.29 is 54.9 Å². The molecule has 34 heteroatoms. The summed E-state index contributed by atoms with van der Waals surface area (Å²) in [6, 6.07) is 22.8. The molecule has 13 heterocycles. The molecule has 6 atom stereocenters. The number of para-hydroxylation sites is 1. The number of hydrogen-bond acceptors (Lipinski definition) is 22. The van der Waals surface area contributed by atoms with Gasteiger partial charge >= 0.3 is 30.4 Å². The van der Waals surface area contributed by atoms with Crippen LogP contribution in [0.15, 0.2) is 116 Å².